The Morgan fingerprint density at radius 1 is 0.561 bits per heavy atom. The zero-order valence-corrected chi connectivity index (χ0v) is 27.6. The second-order valence-electron chi connectivity index (χ2n) is 12.3. The van der Waals surface area contributed by atoms with Crippen molar-refractivity contribution in [2.24, 2.45) is 0 Å². The summed E-state index contributed by atoms with van der Waals surface area (Å²) in [5, 5.41) is 22.8. The Hall–Kier alpha value is -1.13. The molecule has 0 bridgehead atoms. The van der Waals surface area contributed by atoms with Gasteiger partial charge in [-0.15, -0.1) is 0 Å². The van der Waals surface area contributed by atoms with Gasteiger partial charge in [0.2, 0.25) is 5.91 Å². The highest BCUT2D eigenvalue weighted by Gasteiger charge is 2.17. The third-order valence-corrected chi connectivity index (χ3v) is 8.19. The van der Waals surface area contributed by atoms with Crippen LogP contribution in [0.1, 0.15) is 187 Å². The van der Waals surface area contributed by atoms with E-state index in [1.54, 1.807) is 6.08 Å². The van der Waals surface area contributed by atoms with Gasteiger partial charge in [0.15, 0.2) is 0 Å². The van der Waals surface area contributed by atoms with Gasteiger partial charge in [-0.3, -0.25) is 4.79 Å². The van der Waals surface area contributed by atoms with Crippen molar-refractivity contribution in [2.75, 3.05) is 6.61 Å². The minimum atomic E-state index is -0.855. The summed E-state index contributed by atoms with van der Waals surface area (Å²) in [4.78, 5) is 12.3. The van der Waals surface area contributed by atoms with Crippen LogP contribution in [0.25, 0.3) is 0 Å². The minimum Gasteiger partial charge on any atom is -0.394 e. The molecule has 4 heteroatoms. The molecule has 4 nitrogen and oxygen atoms in total. The van der Waals surface area contributed by atoms with Crippen LogP contribution in [0.2, 0.25) is 0 Å². The van der Waals surface area contributed by atoms with Crippen LogP contribution in [0.4, 0.5) is 0 Å². The van der Waals surface area contributed by atoms with Gasteiger partial charge in [0.05, 0.1) is 18.8 Å². The maximum Gasteiger partial charge on any atom is 0.220 e. The molecule has 0 aromatic heterocycles. The summed E-state index contributed by atoms with van der Waals surface area (Å²) in [6, 6.07) is -0.632. The lowest BCUT2D eigenvalue weighted by Gasteiger charge is -2.19. The highest BCUT2D eigenvalue weighted by molar-refractivity contribution is 5.76. The Morgan fingerprint density at radius 3 is 1.41 bits per heavy atom. The predicted octanol–water partition coefficient (Wildman–Crippen LogP) is 10.5. The van der Waals surface area contributed by atoms with Crippen LogP contribution in [-0.2, 0) is 4.79 Å². The van der Waals surface area contributed by atoms with Crippen molar-refractivity contribution >= 4 is 5.91 Å². The fourth-order valence-corrected chi connectivity index (χ4v) is 5.37. The molecular weight excluding hydrogens is 506 g/mol. The van der Waals surface area contributed by atoms with Gasteiger partial charge in [0.1, 0.15) is 0 Å². The van der Waals surface area contributed by atoms with Gasteiger partial charge >= 0.3 is 0 Å². The average molecular weight is 578 g/mol. The number of nitrogens with one attached hydrogen (secondary N) is 1. The first-order valence-electron chi connectivity index (χ1n) is 18.1. The molecule has 0 spiro atoms. The lowest BCUT2D eigenvalue weighted by atomic mass is 10.0. The molecule has 242 valence electrons. The maximum atomic E-state index is 12.3. The minimum absolute atomic E-state index is 0.0742. The van der Waals surface area contributed by atoms with E-state index in [0.29, 0.717) is 6.42 Å². The highest BCUT2D eigenvalue weighted by Crippen LogP contribution is 2.14. The zero-order valence-electron chi connectivity index (χ0n) is 27.6. The number of aliphatic hydroxyl groups excluding tert-OH is 2. The number of allylic oxidation sites excluding steroid dienone is 3. The number of hydrogen-bond acceptors (Lipinski definition) is 3. The van der Waals surface area contributed by atoms with Gasteiger partial charge in [-0.2, -0.15) is 0 Å². The van der Waals surface area contributed by atoms with Crippen molar-refractivity contribution < 1.29 is 15.0 Å². The molecule has 0 heterocycles. The summed E-state index contributed by atoms with van der Waals surface area (Å²) in [6.45, 7) is 4.28. The number of carbonyl (C=O) groups excluding carboxylic acids is 1. The molecule has 3 N–H and O–H groups in total. The van der Waals surface area contributed by atoms with E-state index >= 15 is 0 Å². The van der Waals surface area contributed by atoms with Crippen LogP contribution in [0.3, 0.4) is 0 Å². The molecule has 0 saturated heterocycles. The Kier molecular flexibility index (Phi) is 32.5. The van der Waals surface area contributed by atoms with E-state index in [-0.39, 0.29) is 12.5 Å². The van der Waals surface area contributed by atoms with Crippen LogP contribution in [0.5, 0.6) is 0 Å². The lowest BCUT2D eigenvalue weighted by molar-refractivity contribution is -0.123. The standard InChI is InChI=1S/C37H71NO3/c1-3-5-7-9-11-13-15-17-19-20-22-24-26-28-30-32-36(40)35(34-39)38-37(41)33-31-29-27-25-23-21-18-16-14-12-10-8-6-4-2/h22,24,30,32,35-36,39-40H,3-21,23,25-29,31,33-34H2,1-2H3,(H,38,41)/b24-22+,32-30+. The molecule has 0 radical (unpaired) electrons. The SMILES string of the molecule is CCCCCCCCCCC/C=C/CC/C=C/C(O)C(CO)NC(=O)CCCCCCCCCCCCCCCC. The normalized spacial score (nSPS) is 13.4. The van der Waals surface area contributed by atoms with Crippen LogP contribution >= 0.6 is 0 Å². The highest BCUT2D eigenvalue weighted by atomic mass is 16.3. The number of hydrogen-bond donors (Lipinski definition) is 3. The summed E-state index contributed by atoms with van der Waals surface area (Å²) in [6.07, 6.45) is 41.1. The molecule has 0 aliphatic rings. The Bertz CT molecular complexity index is 589. The van der Waals surface area contributed by atoms with Gasteiger partial charge in [-0.25, -0.2) is 0 Å². The van der Waals surface area contributed by atoms with Crippen LogP contribution in [0.15, 0.2) is 24.3 Å². The molecule has 2 atom stereocenters. The van der Waals surface area contributed by atoms with Crippen molar-refractivity contribution in [3.63, 3.8) is 0 Å². The predicted molar refractivity (Wildman–Crippen MR) is 179 cm³/mol. The summed E-state index contributed by atoms with van der Waals surface area (Å²) in [5.74, 6) is -0.0742. The van der Waals surface area contributed by atoms with Gasteiger partial charge in [-0.1, -0.05) is 173 Å². The Labute approximate surface area is 256 Å². The Balaban J connectivity index is 3.66. The molecular formula is C37H71NO3. The van der Waals surface area contributed by atoms with E-state index in [2.05, 4.69) is 31.3 Å². The maximum absolute atomic E-state index is 12.3. The monoisotopic (exact) mass is 578 g/mol. The third-order valence-electron chi connectivity index (χ3n) is 8.19. The zero-order chi connectivity index (χ0) is 30.1. The summed E-state index contributed by atoms with van der Waals surface area (Å²) >= 11 is 0. The first-order valence-corrected chi connectivity index (χ1v) is 18.1. The van der Waals surface area contributed by atoms with Crippen LogP contribution in [0, 0.1) is 0 Å². The van der Waals surface area contributed by atoms with Crippen molar-refractivity contribution in [2.45, 2.75) is 199 Å². The first-order chi connectivity index (χ1) is 20.2. The van der Waals surface area contributed by atoms with Gasteiger partial charge in [0, 0.05) is 6.42 Å². The topological polar surface area (TPSA) is 69.6 Å². The average Bonchev–Trinajstić information content (AvgIpc) is 2.97. The fourth-order valence-electron chi connectivity index (χ4n) is 5.37. The van der Waals surface area contributed by atoms with E-state index in [9.17, 15) is 15.0 Å². The second kappa shape index (κ2) is 33.4. The van der Waals surface area contributed by atoms with Crippen LogP contribution < -0.4 is 5.32 Å². The largest absolute Gasteiger partial charge is 0.394 e. The molecule has 0 aliphatic carbocycles. The summed E-state index contributed by atoms with van der Waals surface area (Å²) < 4.78 is 0. The lowest BCUT2D eigenvalue weighted by Crippen LogP contribution is -2.45. The molecule has 0 aromatic carbocycles. The first kappa shape index (κ1) is 39.9. The molecule has 0 aliphatic heterocycles. The fraction of sp³-hybridized carbons (Fsp3) is 0.865. The number of aliphatic hydroxyl groups is 2. The number of carbonyl (C=O) groups is 1. The van der Waals surface area contributed by atoms with Crippen molar-refractivity contribution in [3.05, 3.63) is 24.3 Å². The van der Waals surface area contributed by atoms with Gasteiger partial charge in [-0.05, 0) is 32.1 Å². The molecule has 41 heavy (non-hydrogen) atoms. The third kappa shape index (κ3) is 30.1. The van der Waals surface area contributed by atoms with E-state index < -0.39 is 12.1 Å². The summed E-state index contributed by atoms with van der Waals surface area (Å²) in [7, 11) is 0. The van der Waals surface area contributed by atoms with Crippen molar-refractivity contribution in [1.82, 2.24) is 5.32 Å². The van der Waals surface area contributed by atoms with Gasteiger partial charge < -0.3 is 15.5 Å². The van der Waals surface area contributed by atoms with E-state index in [4.69, 9.17) is 0 Å². The molecule has 0 rings (SSSR count). The van der Waals surface area contributed by atoms with Crippen molar-refractivity contribution in [3.8, 4) is 0 Å². The smallest absolute Gasteiger partial charge is 0.220 e. The second-order valence-corrected chi connectivity index (χ2v) is 12.3. The molecule has 1 amide bonds. The van der Waals surface area contributed by atoms with E-state index in [1.807, 2.05) is 6.08 Å². The van der Waals surface area contributed by atoms with E-state index in [1.165, 1.54) is 135 Å². The molecule has 2 unspecified atom stereocenters. The van der Waals surface area contributed by atoms with E-state index in [0.717, 1.165) is 32.1 Å². The van der Waals surface area contributed by atoms with Gasteiger partial charge in [0.25, 0.3) is 0 Å². The number of rotatable bonds is 32. The number of amides is 1. The quantitative estimate of drug-likeness (QED) is 0.0550. The van der Waals surface area contributed by atoms with Crippen LogP contribution in [-0.4, -0.2) is 34.9 Å². The number of unbranched alkanes of at least 4 members (excludes halogenated alkanes) is 23. The molecule has 0 saturated carbocycles. The Morgan fingerprint density at radius 2 is 0.951 bits per heavy atom. The molecule has 0 fully saturated rings. The van der Waals surface area contributed by atoms with Crippen molar-refractivity contribution in [1.29, 1.82) is 0 Å². The molecule has 0 aromatic rings. The summed E-state index contributed by atoms with van der Waals surface area (Å²) in [5.41, 5.74) is 0.